The molecule has 3 nitrogen and oxygen atoms in total. The van der Waals surface area contributed by atoms with Gasteiger partial charge in [-0.2, -0.15) is 0 Å². The maximum atomic E-state index is 4.70. The number of hydrogen-bond acceptors (Lipinski definition) is 2. The van der Waals surface area contributed by atoms with Crippen LogP contribution in [0, 0.1) is 0 Å². The molecule has 2 aromatic heterocycles. The molecule has 0 unspecified atom stereocenters. The van der Waals surface area contributed by atoms with Crippen LogP contribution in [0.15, 0.2) is 24.4 Å². The standard InChI is InChI=1S/C12H14BrN3/c1-15(9-5-6-9)12-10(8-13)16-7-3-2-4-11(16)14-12/h2-4,7,9H,5-6,8H2,1H3. The Hall–Kier alpha value is -1.03. The van der Waals surface area contributed by atoms with Gasteiger partial charge in [0, 0.05) is 24.6 Å². The summed E-state index contributed by atoms with van der Waals surface area (Å²) < 4.78 is 2.16. The lowest BCUT2D eigenvalue weighted by molar-refractivity contribution is 0.890. The molecule has 0 radical (unpaired) electrons. The van der Waals surface area contributed by atoms with Crippen molar-refractivity contribution in [1.29, 1.82) is 0 Å². The molecule has 0 saturated heterocycles. The van der Waals surface area contributed by atoms with Gasteiger partial charge in [-0.25, -0.2) is 4.98 Å². The van der Waals surface area contributed by atoms with Gasteiger partial charge in [0.1, 0.15) is 5.65 Å². The van der Waals surface area contributed by atoms with Crippen LogP contribution in [0.25, 0.3) is 5.65 Å². The van der Waals surface area contributed by atoms with Crippen LogP contribution in [0.2, 0.25) is 0 Å². The smallest absolute Gasteiger partial charge is 0.152 e. The first-order valence-electron chi connectivity index (χ1n) is 5.56. The Morgan fingerprint density at radius 2 is 2.31 bits per heavy atom. The number of alkyl halides is 1. The molecule has 84 valence electrons. The van der Waals surface area contributed by atoms with E-state index in [4.69, 9.17) is 4.98 Å². The van der Waals surface area contributed by atoms with E-state index in [0.717, 1.165) is 16.8 Å². The molecule has 0 spiro atoms. The van der Waals surface area contributed by atoms with Crippen molar-refractivity contribution in [2.24, 2.45) is 0 Å². The summed E-state index contributed by atoms with van der Waals surface area (Å²) in [6.07, 6.45) is 4.67. The zero-order valence-corrected chi connectivity index (χ0v) is 10.8. The van der Waals surface area contributed by atoms with Gasteiger partial charge < -0.3 is 9.30 Å². The quantitative estimate of drug-likeness (QED) is 0.806. The van der Waals surface area contributed by atoms with E-state index in [2.05, 4.69) is 44.5 Å². The van der Waals surface area contributed by atoms with Crippen LogP contribution >= 0.6 is 15.9 Å². The number of halogens is 1. The fourth-order valence-corrected chi connectivity index (χ4v) is 2.60. The maximum Gasteiger partial charge on any atom is 0.152 e. The van der Waals surface area contributed by atoms with Crippen molar-refractivity contribution < 1.29 is 0 Å². The summed E-state index contributed by atoms with van der Waals surface area (Å²) in [7, 11) is 2.14. The molecule has 0 amide bonds. The second-order valence-corrected chi connectivity index (χ2v) is 4.85. The second kappa shape index (κ2) is 3.77. The first-order valence-corrected chi connectivity index (χ1v) is 6.68. The summed E-state index contributed by atoms with van der Waals surface area (Å²) in [6, 6.07) is 6.82. The van der Waals surface area contributed by atoms with Crippen LogP contribution in [0.1, 0.15) is 18.5 Å². The lowest BCUT2D eigenvalue weighted by Gasteiger charge is -2.16. The average Bonchev–Trinajstić information content (AvgIpc) is 3.08. The number of rotatable bonds is 3. The van der Waals surface area contributed by atoms with Crippen molar-refractivity contribution in [3.8, 4) is 0 Å². The molecule has 0 N–H and O–H groups in total. The number of pyridine rings is 1. The molecule has 16 heavy (non-hydrogen) atoms. The second-order valence-electron chi connectivity index (χ2n) is 4.29. The zero-order chi connectivity index (χ0) is 11.1. The molecule has 1 aliphatic rings. The third-order valence-corrected chi connectivity index (χ3v) is 3.69. The highest BCUT2D eigenvalue weighted by molar-refractivity contribution is 9.08. The minimum atomic E-state index is 0.697. The molecule has 4 heteroatoms. The normalized spacial score (nSPS) is 15.6. The molecule has 2 heterocycles. The van der Waals surface area contributed by atoms with Gasteiger partial charge in [0.15, 0.2) is 5.82 Å². The van der Waals surface area contributed by atoms with Crippen molar-refractivity contribution in [2.45, 2.75) is 24.2 Å². The van der Waals surface area contributed by atoms with Crippen molar-refractivity contribution >= 4 is 27.4 Å². The molecular formula is C12H14BrN3. The van der Waals surface area contributed by atoms with Crippen molar-refractivity contribution in [2.75, 3.05) is 11.9 Å². The highest BCUT2D eigenvalue weighted by Crippen LogP contribution is 2.32. The number of imidazole rings is 1. The molecule has 1 fully saturated rings. The van der Waals surface area contributed by atoms with Crippen LogP contribution in [-0.4, -0.2) is 22.5 Å². The number of nitrogens with zero attached hydrogens (tertiary/aromatic N) is 3. The monoisotopic (exact) mass is 279 g/mol. The summed E-state index contributed by atoms with van der Waals surface area (Å²) in [6.45, 7) is 0. The van der Waals surface area contributed by atoms with E-state index in [1.807, 2.05) is 12.1 Å². The molecule has 0 bridgehead atoms. The van der Waals surface area contributed by atoms with E-state index in [1.54, 1.807) is 0 Å². The number of aromatic nitrogens is 2. The van der Waals surface area contributed by atoms with Gasteiger partial charge in [-0.3, -0.25) is 0 Å². The predicted molar refractivity (Wildman–Crippen MR) is 69.2 cm³/mol. The number of fused-ring (bicyclic) bond motifs is 1. The van der Waals surface area contributed by atoms with Crippen molar-refractivity contribution in [3.63, 3.8) is 0 Å². The SMILES string of the molecule is CN(c1nc2ccccn2c1CBr)C1CC1. The zero-order valence-electron chi connectivity index (χ0n) is 9.23. The van der Waals surface area contributed by atoms with Gasteiger partial charge in [-0.1, -0.05) is 22.0 Å². The van der Waals surface area contributed by atoms with E-state index in [9.17, 15) is 0 Å². The van der Waals surface area contributed by atoms with E-state index in [-0.39, 0.29) is 0 Å². The van der Waals surface area contributed by atoms with Crippen molar-refractivity contribution in [1.82, 2.24) is 9.38 Å². The van der Waals surface area contributed by atoms with Crippen LogP contribution < -0.4 is 4.90 Å². The first-order chi connectivity index (χ1) is 7.81. The van der Waals surface area contributed by atoms with Gasteiger partial charge in [-0.05, 0) is 25.0 Å². The Kier molecular flexibility index (Phi) is 2.39. The van der Waals surface area contributed by atoms with Crippen LogP contribution in [0.5, 0.6) is 0 Å². The number of hydrogen-bond donors (Lipinski definition) is 0. The summed E-state index contributed by atoms with van der Waals surface area (Å²) >= 11 is 3.56. The molecule has 1 aliphatic carbocycles. The molecule has 2 aromatic rings. The van der Waals surface area contributed by atoms with E-state index < -0.39 is 0 Å². The lowest BCUT2D eigenvalue weighted by Crippen LogP contribution is -2.21. The van der Waals surface area contributed by atoms with Crippen molar-refractivity contribution in [3.05, 3.63) is 30.1 Å². The minimum Gasteiger partial charge on any atom is -0.355 e. The third kappa shape index (κ3) is 1.52. The summed E-state index contributed by atoms with van der Waals surface area (Å²) in [5.41, 5.74) is 2.27. The van der Waals surface area contributed by atoms with Gasteiger partial charge in [0.2, 0.25) is 0 Å². The third-order valence-electron chi connectivity index (χ3n) is 3.16. The molecular weight excluding hydrogens is 266 g/mol. The van der Waals surface area contributed by atoms with Crippen LogP contribution in [0.4, 0.5) is 5.82 Å². The Bertz CT molecular complexity index is 516. The van der Waals surface area contributed by atoms with E-state index in [1.165, 1.54) is 18.5 Å². The van der Waals surface area contributed by atoms with Crippen LogP contribution in [-0.2, 0) is 5.33 Å². The Labute approximate surface area is 103 Å². The van der Waals surface area contributed by atoms with Gasteiger partial charge >= 0.3 is 0 Å². The Morgan fingerprint density at radius 1 is 1.50 bits per heavy atom. The maximum absolute atomic E-state index is 4.70. The summed E-state index contributed by atoms with van der Waals surface area (Å²) in [5.74, 6) is 1.12. The fourth-order valence-electron chi connectivity index (χ4n) is 2.08. The lowest BCUT2D eigenvalue weighted by atomic mass is 10.4. The molecule has 0 aromatic carbocycles. The van der Waals surface area contributed by atoms with Gasteiger partial charge in [0.05, 0.1) is 5.69 Å². The van der Waals surface area contributed by atoms with Gasteiger partial charge in [0.25, 0.3) is 0 Å². The Balaban J connectivity index is 2.15. The summed E-state index contributed by atoms with van der Waals surface area (Å²) in [4.78, 5) is 7.01. The molecule has 0 atom stereocenters. The number of anilines is 1. The average molecular weight is 280 g/mol. The predicted octanol–water partition coefficient (Wildman–Crippen LogP) is 2.83. The molecule has 1 saturated carbocycles. The Morgan fingerprint density at radius 3 is 3.00 bits per heavy atom. The van der Waals surface area contributed by atoms with Crippen LogP contribution in [0.3, 0.4) is 0 Å². The summed E-state index contributed by atoms with van der Waals surface area (Å²) in [5, 5.41) is 0.838. The largest absolute Gasteiger partial charge is 0.355 e. The van der Waals surface area contributed by atoms with E-state index >= 15 is 0 Å². The topological polar surface area (TPSA) is 20.5 Å². The highest BCUT2D eigenvalue weighted by atomic mass is 79.9. The first kappa shape index (κ1) is 10.1. The van der Waals surface area contributed by atoms with E-state index in [0.29, 0.717) is 6.04 Å². The minimum absolute atomic E-state index is 0.697. The fraction of sp³-hybridized carbons (Fsp3) is 0.417. The molecule has 3 rings (SSSR count). The highest BCUT2D eigenvalue weighted by Gasteiger charge is 2.29. The van der Waals surface area contributed by atoms with Gasteiger partial charge in [-0.15, -0.1) is 0 Å². The molecule has 0 aliphatic heterocycles.